The fraction of sp³-hybridized carbons (Fsp3) is 0.875. The molecule has 1 atom stereocenters. The van der Waals surface area contributed by atoms with E-state index in [0.29, 0.717) is 39.3 Å². The van der Waals surface area contributed by atoms with Gasteiger partial charge in [0.15, 0.2) is 0 Å². The maximum atomic E-state index is 12.4. The average Bonchev–Trinajstić information content (AvgIpc) is 2.93. The van der Waals surface area contributed by atoms with Gasteiger partial charge in [0.05, 0.1) is 19.1 Å². The smallest absolute Gasteiger partial charge is 0.225 e. The molecule has 2 amide bonds. The SMILES string of the molecule is COCCN1CC(C(=O)NCC2(COC)CCNCC2)CC1=O. The highest BCUT2D eigenvalue weighted by Gasteiger charge is 2.36. The van der Waals surface area contributed by atoms with Crippen molar-refractivity contribution in [3.63, 3.8) is 0 Å². The van der Waals surface area contributed by atoms with Gasteiger partial charge in [0.1, 0.15) is 0 Å². The van der Waals surface area contributed by atoms with Crippen molar-refractivity contribution in [1.82, 2.24) is 15.5 Å². The maximum absolute atomic E-state index is 12.4. The number of carbonyl (C=O) groups is 2. The third-order valence-corrected chi connectivity index (χ3v) is 4.90. The van der Waals surface area contributed by atoms with E-state index in [9.17, 15) is 9.59 Å². The molecule has 2 aliphatic heterocycles. The summed E-state index contributed by atoms with van der Waals surface area (Å²) < 4.78 is 10.4. The van der Waals surface area contributed by atoms with E-state index < -0.39 is 0 Å². The van der Waals surface area contributed by atoms with Gasteiger partial charge in [0, 0.05) is 45.7 Å². The van der Waals surface area contributed by atoms with Gasteiger partial charge in [-0.3, -0.25) is 9.59 Å². The number of hydrogen-bond donors (Lipinski definition) is 2. The minimum absolute atomic E-state index is 0.00795. The summed E-state index contributed by atoms with van der Waals surface area (Å²) in [6, 6.07) is 0. The average molecular weight is 327 g/mol. The van der Waals surface area contributed by atoms with Crippen LogP contribution in [0.15, 0.2) is 0 Å². The molecule has 0 spiro atoms. The zero-order valence-corrected chi connectivity index (χ0v) is 14.2. The van der Waals surface area contributed by atoms with E-state index in [2.05, 4.69) is 10.6 Å². The van der Waals surface area contributed by atoms with Crippen LogP contribution in [0.3, 0.4) is 0 Å². The lowest BCUT2D eigenvalue weighted by Crippen LogP contribution is -2.48. The van der Waals surface area contributed by atoms with Gasteiger partial charge in [-0.05, 0) is 25.9 Å². The third-order valence-electron chi connectivity index (χ3n) is 4.90. The van der Waals surface area contributed by atoms with E-state index in [1.165, 1.54) is 0 Å². The lowest BCUT2D eigenvalue weighted by atomic mass is 9.79. The summed E-state index contributed by atoms with van der Waals surface area (Å²) in [5.74, 6) is -0.233. The second kappa shape index (κ2) is 8.61. The van der Waals surface area contributed by atoms with Gasteiger partial charge in [-0.25, -0.2) is 0 Å². The third kappa shape index (κ3) is 4.89. The summed E-state index contributed by atoms with van der Waals surface area (Å²) in [5, 5.41) is 6.40. The Labute approximate surface area is 138 Å². The quantitative estimate of drug-likeness (QED) is 0.635. The molecule has 0 saturated carbocycles. The Bertz CT molecular complexity index is 405. The predicted octanol–water partition coefficient (Wildman–Crippen LogP) is -0.386. The van der Waals surface area contributed by atoms with Crippen LogP contribution in [-0.2, 0) is 19.1 Å². The largest absolute Gasteiger partial charge is 0.384 e. The summed E-state index contributed by atoms with van der Waals surface area (Å²) in [6.07, 6.45) is 2.28. The lowest BCUT2D eigenvalue weighted by molar-refractivity contribution is -0.129. The normalized spacial score (nSPS) is 24.0. The molecule has 0 aromatic rings. The molecule has 2 N–H and O–H groups in total. The summed E-state index contributed by atoms with van der Waals surface area (Å²) >= 11 is 0. The van der Waals surface area contributed by atoms with Crippen molar-refractivity contribution >= 4 is 11.8 Å². The van der Waals surface area contributed by atoms with Crippen LogP contribution in [0.5, 0.6) is 0 Å². The van der Waals surface area contributed by atoms with E-state index in [1.54, 1.807) is 19.1 Å². The fourth-order valence-electron chi connectivity index (χ4n) is 3.42. The van der Waals surface area contributed by atoms with E-state index in [-0.39, 0.29) is 23.1 Å². The minimum Gasteiger partial charge on any atom is -0.384 e. The highest BCUT2D eigenvalue weighted by atomic mass is 16.5. The van der Waals surface area contributed by atoms with E-state index in [1.807, 2.05) is 0 Å². The van der Waals surface area contributed by atoms with Crippen molar-refractivity contribution in [3.05, 3.63) is 0 Å². The Kier molecular flexibility index (Phi) is 6.80. The molecule has 132 valence electrons. The first-order valence-electron chi connectivity index (χ1n) is 8.34. The van der Waals surface area contributed by atoms with Crippen LogP contribution in [0.2, 0.25) is 0 Å². The fourth-order valence-corrected chi connectivity index (χ4v) is 3.42. The van der Waals surface area contributed by atoms with Gasteiger partial charge in [-0.15, -0.1) is 0 Å². The van der Waals surface area contributed by atoms with Crippen LogP contribution in [0.25, 0.3) is 0 Å². The van der Waals surface area contributed by atoms with Gasteiger partial charge in [-0.2, -0.15) is 0 Å². The summed E-state index contributed by atoms with van der Waals surface area (Å²) in [4.78, 5) is 26.1. The molecule has 23 heavy (non-hydrogen) atoms. The number of rotatable bonds is 8. The van der Waals surface area contributed by atoms with Gasteiger partial charge < -0.3 is 25.0 Å². The van der Waals surface area contributed by atoms with E-state index >= 15 is 0 Å². The molecule has 1 unspecified atom stereocenters. The number of ether oxygens (including phenoxy) is 2. The van der Waals surface area contributed by atoms with Crippen LogP contribution >= 0.6 is 0 Å². The molecule has 0 radical (unpaired) electrons. The first-order valence-corrected chi connectivity index (χ1v) is 8.34. The van der Waals surface area contributed by atoms with Crippen molar-refractivity contribution in [1.29, 1.82) is 0 Å². The number of likely N-dealkylation sites (tertiary alicyclic amines) is 1. The Balaban J connectivity index is 1.83. The number of methoxy groups -OCH3 is 2. The van der Waals surface area contributed by atoms with Crippen molar-refractivity contribution in [2.24, 2.45) is 11.3 Å². The van der Waals surface area contributed by atoms with E-state index in [4.69, 9.17) is 9.47 Å². The zero-order valence-electron chi connectivity index (χ0n) is 14.2. The summed E-state index contributed by atoms with van der Waals surface area (Å²) in [5.41, 5.74) is 0.00795. The van der Waals surface area contributed by atoms with Gasteiger partial charge in [0.25, 0.3) is 0 Å². The molecule has 2 fully saturated rings. The number of carbonyl (C=O) groups excluding carboxylic acids is 2. The van der Waals surface area contributed by atoms with Gasteiger partial charge in [-0.1, -0.05) is 0 Å². The van der Waals surface area contributed by atoms with Crippen LogP contribution < -0.4 is 10.6 Å². The number of piperidine rings is 1. The minimum atomic E-state index is -0.249. The Morgan fingerprint density at radius 2 is 2.09 bits per heavy atom. The van der Waals surface area contributed by atoms with Crippen molar-refractivity contribution in [2.75, 3.05) is 60.2 Å². The zero-order chi connectivity index (χ0) is 16.7. The molecule has 2 aliphatic rings. The Morgan fingerprint density at radius 3 is 2.74 bits per heavy atom. The molecule has 0 aromatic heterocycles. The highest BCUT2D eigenvalue weighted by molar-refractivity contribution is 5.89. The molecule has 0 bridgehead atoms. The topological polar surface area (TPSA) is 79.9 Å². The molecule has 2 rings (SSSR count). The number of hydrogen-bond acceptors (Lipinski definition) is 5. The standard InChI is InChI=1S/C16H29N3O4/c1-22-8-7-19-10-13(9-14(19)20)15(21)18-11-16(12-23-2)3-5-17-6-4-16/h13,17H,3-12H2,1-2H3,(H,18,21). The van der Waals surface area contributed by atoms with Crippen molar-refractivity contribution < 1.29 is 19.1 Å². The molecule has 0 aliphatic carbocycles. The second-order valence-electron chi connectivity index (χ2n) is 6.63. The molecular formula is C16H29N3O4. The maximum Gasteiger partial charge on any atom is 0.225 e. The van der Waals surface area contributed by atoms with Crippen LogP contribution in [0.4, 0.5) is 0 Å². The van der Waals surface area contributed by atoms with E-state index in [0.717, 1.165) is 25.9 Å². The van der Waals surface area contributed by atoms with Crippen LogP contribution in [0.1, 0.15) is 19.3 Å². The Hall–Kier alpha value is -1.18. The molecule has 7 nitrogen and oxygen atoms in total. The highest BCUT2D eigenvalue weighted by Crippen LogP contribution is 2.28. The number of amides is 2. The molecule has 2 heterocycles. The van der Waals surface area contributed by atoms with Crippen molar-refractivity contribution in [2.45, 2.75) is 19.3 Å². The van der Waals surface area contributed by atoms with Crippen LogP contribution in [-0.4, -0.2) is 76.9 Å². The molecule has 7 heteroatoms. The predicted molar refractivity (Wildman–Crippen MR) is 86.0 cm³/mol. The van der Waals surface area contributed by atoms with Crippen molar-refractivity contribution in [3.8, 4) is 0 Å². The Morgan fingerprint density at radius 1 is 1.35 bits per heavy atom. The molecule has 2 saturated heterocycles. The van der Waals surface area contributed by atoms with Crippen LogP contribution in [0, 0.1) is 11.3 Å². The second-order valence-corrected chi connectivity index (χ2v) is 6.63. The summed E-state index contributed by atoms with van der Waals surface area (Å²) in [7, 11) is 3.31. The van der Waals surface area contributed by atoms with Gasteiger partial charge in [0.2, 0.25) is 11.8 Å². The number of nitrogens with one attached hydrogen (secondary N) is 2. The number of nitrogens with zero attached hydrogens (tertiary/aromatic N) is 1. The molecule has 0 aromatic carbocycles. The lowest BCUT2D eigenvalue weighted by Gasteiger charge is -2.37. The summed E-state index contributed by atoms with van der Waals surface area (Å²) in [6.45, 7) is 4.72. The first-order chi connectivity index (χ1) is 11.1. The molecular weight excluding hydrogens is 298 g/mol. The monoisotopic (exact) mass is 327 g/mol. The first kappa shape index (κ1) is 18.2. The van der Waals surface area contributed by atoms with Gasteiger partial charge >= 0.3 is 0 Å².